The van der Waals surface area contributed by atoms with Crippen molar-refractivity contribution in [3.8, 4) is 0 Å². The van der Waals surface area contributed by atoms with Crippen molar-refractivity contribution in [1.82, 2.24) is 10.0 Å². The Morgan fingerprint density at radius 2 is 1.66 bits per heavy atom. The van der Waals surface area contributed by atoms with Crippen LogP contribution in [0.2, 0.25) is 0 Å². The van der Waals surface area contributed by atoms with Crippen LogP contribution in [0.15, 0.2) is 53.4 Å². The smallest absolute Gasteiger partial charge is 0.240 e. The normalized spacial score (nSPS) is 17.7. The predicted molar refractivity (Wildman–Crippen MR) is 113 cm³/mol. The molecule has 2 fully saturated rings. The topological polar surface area (TPSA) is 75.3 Å². The molecule has 0 spiro atoms. The lowest BCUT2D eigenvalue weighted by Crippen LogP contribution is -2.30. The van der Waals surface area contributed by atoms with Gasteiger partial charge in [-0.1, -0.05) is 42.0 Å². The number of aryl methyl sites for hydroxylation is 2. The standard InChI is InChI=1S/C23H28N2O3S/c1-16-2-7-18(8-3-16)23(19-9-10-19)24-22(26)15-6-17-4-13-21(14-5-17)29(27,28)25-20-11-12-20/h2-5,7-8,13-14,19-20,23,25H,6,9-12,15H2,1H3,(H,24,26). The van der Waals surface area contributed by atoms with Crippen LogP contribution < -0.4 is 10.0 Å². The van der Waals surface area contributed by atoms with Crippen LogP contribution in [0, 0.1) is 12.8 Å². The molecule has 154 valence electrons. The molecule has 1 amide bonds. The van der Waals surface area contributed by atoms with E-state index >= 15 is 0 Å². The molecule has 0 radical (unpaired) electrons. The van der Waals surface area contributed by atoms with Gasteiger partial charge in [0, 0.05) is 12.5 Å². The van der Waals surface area contributed by atoms with Crippen LogP contribution in [0.3, 0.4) is 0 Å². The third-order valence-corrected chi connectivity index (χ3v) is 7.16. The van der Waals surface area contributed by atoms with Crippen molar-refractivity contribution in [2.75, 3.05) is 0 Å². The van der Waals surface area contributed by atoms with E-state index in [4.69, 9.17) is 0 Å². The molecule has 0 bridgehead atoms. The van der Waals surface area contributed by atoms with Gasteiger partial charge in [0.15, 0.2) is 0 Å². The van der Waals surface area contributed by atoms with Crippen molar-refractivity contribution in [3.63, 3.8) is 0 Å². The summed E-state index contributed by atoms with van der Waals surface area (Å²) in [5, 5.41) is 3.20. The number of carbonyl (C=O) groups excluding carboxylic acids is 1. The van der Waals surface area contributed by atoms with Gasteiger partial charge < -0.3 is 5.32 Å². The fourth-order valence-corrected chi connectivity index (χ4v) is 4.81. The van der Waals surface area contributed by atoms with E-state index < -0.39 is 10.0 Å². The maximum absolute atomic E-state index is 12.5. The van der Waals surface area contributed by atoms with Crippen molar-refractivity contribution in [3.05, 3.63) is 65.2 Å². The van der Waals surface area contributed by atoms with Crippen LogP contribution in [-0.2, 0) is 21.2 Å². The van der Waals surface area contributed by atoms with Crippen LogP contribution in [0.1, 0.15) is 54.8 Å². The first-order valence-corrected chi connectivity index (χ1v) is 11.9. The molecule has 0 saturated heterocycles. The summed E-state index contributed by atoms with van der Waals surface area (Å²) in [6, 6.07) is 15.4. The third kappa shape index (κ3) is 5.46. The quantitative estimate of drug-likeness (QED) is 0.660. The molecule has 2 aromatic rings. The van der Waals surface area contributed by atoms with Crippen molar-refractivity contribution < 1.29 is 13.2 Å². The molecule has 0 aliphatic heterocycles. The van der Waals surface area contributed by atoms with Gasteiger partial charge in [0.1, 0.15) is 0 Å². The minimum Gasteiger partial charge on any atom is -0.349 e. The number of rotatable bonds is 9. The second kappa shape index (κ2) is 8.28. The van der Waals surface area contributed by atoms with Gasteiger partial charge in [0.05, 0.1) is 10.9 Å². The summed E-state index contributed by atoms with van der Waals surface area (Å²) in [6.45, 7) is 2.06. The van der Waals surface area contributed by atoms with Gasteiger partial charge in [-0.2, -0.15) is 0 Å². The summed E-state index contributed by atoms with van der Waals surface area (Å²) in [5.41, 5.74) is 3.35. The summed E-state index contributed by atoms with van der Waals surface area (Å²) in [4.78, 5) is 12.8. The van der Waals surface area contributed by atoms with Crippen LogP contribution in [-0.4, -0.2) is 20.4 Å². The molecule has 4 rings (SSSR count). The van der Waals surface area contributed by atoms with Gasteiger partial charge >= 0.3 is 0 Å². The lowest BCUT2D eigenvalue weighted by molar-refractivity contribution is -0.122. The number of hydrogen-bond acceptors (Lipinski definition) is 3. The average Bonchev–Trinajstić information content (AvgIpc) is 3.61. The zero-order valence-corrected chi connectivity index (χ0v) is 17.5. The Balaban J connectivity index is 1.32. The first kappa shape index (κ1) is 20.1. The molecule has 6 heteroatoms. The first-order chi connectivity index (χ1) is 13.9. The molecule has 1 unspecified atom stereocenters. The maximum Gasteiger partial charge on any atom is 0.240 e. The monoisotopic (exact) mass is 412 g/mol. The largest absolute Gasteiger partial charge is 0.349 e. The molecule has 29 heavy (non-hydrogen) atoms. The molecular formula is C23H28N2O3S. The van der Waals surface area contributed by atoms with E-state index in [9.17, 15) is 13.2 Å². The van der Waals surface area contributed by atoms with Crippen LogP contribution >= 0.6 is 0 Å². The SMILES string of the molecule is Cc1ccc(C(NC(=O)CCc2ccc(S(=O)(=O)NC3CC3)cc2)C2CC2)cc1. The van der Waals surface area contributed by atoms with Gasteiger partial charge in [-0.05, 0) is 68.2 Å². The minimum absolute atomic E-state index is 0.0366. The van der Waals surface area contributed by atoms with Crippen molar-refractivity contribution in [1.29, 1.82) is 0 Å². The summed E-state index contributed by atoms with van der Waals surface area (Å²) in [5.74, 6) is 0.569. The Bertz CT molecular complexity index is 960. The number of nitrogens with one attached hydrogen (secondary N) is 2. The summed E-state index contributed by atoms with van der Waals surface area (Å²) in [6.07, 6.45) is 5.12. The van der Waals surface area contributed by atoms with E-state index in [0.717, 1.165) is 31.2 Å². The van der Waals surface area contributed by atoms with Gasteiger partial charge in [-0.25, -0.2) is 13.1 Å². The van der Waals surface area contributed by atoms with Crippen molar-refractivity contribution >= 4 is 15.9 Å². The molecule has 2 N–H and O–H groups in total. The van der Waals surface area contributed by atoms with Gasteiger partial charge in [0.2, 0.25) is 15.9 Å². The highest BCUT2D eigenvalue weighted by molar-refractivity contribution is 7.89. The van der Waals surface area contributed by atoms with Crippen molar-refractivity contribution in [2.24, 2.45) is 5.92 Å². The highest BCUT2D eigenvalue weighted by Gasteiger charge is 2.33. The second-order valence-corrected chi connectivity index (χ2v) is 10.0. The summed E-state index contributed by atoms with van der Waals surface area (Å²) >= 11 is 0. The lowest BCUT2D eigenvalue weighted by Gasteiger charge is -2.19. The minimum atomic E-state index is -3.43. The van der Waals surface area contributed by atoms with Crippen LogP contribution in [0.4, 0.5) is 0 Å². The molecule has 0 aromatic heterocycles. The molecule has 2 aliphatic carbocycles. The van der Waals surface area contributed by atoms with E-state index in [1.807, 2.05) is 0 Å². The summed E-state index contributed by atoms with van der Waals surface area (Å²) < 4.78 is 27.1. The van der Waals surface area contributed by atoms with E-state index in [1.54, 1.807) is 24.3 Å². The Labute approximate surface area is 173 Å². The Morgan fingerprint density at radius 1 is 1.00 bits per heavy atom. The number of amides is 1. The second-order valence-electron chi connectivity index (χ2n) is 8.33. The average molecular weight is 413 g/mol. The highest BCUT2D eigenvalue weighted by Crippen LogP contribution is 2.41. The molecule has 0 heterocycles. The fourth-order valence-electron chi connectivity index (χ4n) is 3.50. The first-order valence-electron chi connectivity index (χ1n) is 10.4. The number of benzene rings is 2. The molecule has 2 aromatic carbocycles. The molecule has 2 aliphatic rings. The zero-order chi connectivity index (χ0) is 20.4. The molecular weight excluding hydrogens is 384 g/mol. The zero-order valence-electron chi connectivity index (χ0n) is 16.7. The maximum atomic E-state index is 12.5. The van der Waals surface area contributed by atoms with Crippen LogP contribution in [0.5, 0.6) is 0 Å². The number of carbonyl (C=O) groups is 1. The van der Waals surface area contributed by atoms with E-state index in [2.05, 4.69) is 41.2 Å². The molecule has 1 atom stereocenters. The third-order valence-electron chi connectivity index (χ3n) is 5.62. The molecule has 2 saturated carbocycles. The van der Waals surface area contributed by atoms with Gasteiger partial charge in [-0.3, -0.25) is 4.79 Å². The lowest BCUT2D eigenvalue weighted by atomic mass is 10.0. The predicted octanol–water partition coefficient (Wildman–Crippen LogP) is 3.64. The van der Waals surface area contributed by atoms with Crippen molar-refractivity contribution in [2.45, 2.75) is 62.4 Å². The van der Waals surface area contributed by atoms with E-state index in [-0.39, 0.29) is 22.9 Å². The highest BCUT2D eigenvalue weighted by atomic mass is 32.2. The van der Waals surface area contributed by atoms with Gasteiger partial charge in [-0.15, -0.1) is 0 Å². The van der Waals surface area contributed by atoms with E-state index in [0.29, 0.717) is 18.8 Å². The number of hydrogen-bond donors (Lipinski definition) is 2. The Morgan fingerprint density at radius 3 is 2.24 bits per heavy atom. The van der Waals surface area contributed by atoms with Crippen LogP contribution in [0.25, 0.3) is 0 Å². The Kier molecular flexibility index (Phi) is 5.74. The summed E-state index contributed by atoms with van der Waals surface area (Å²) in [7, 11) is -3.43. The fraction of sp³-hybridized carbons (Fsp3) is 0.435. The van der Waals surface area contributed by atoms with Gasteiger partial charge in [0.25, 0.3) is 0 Å². The molecule has 5 nitrogen and oxygen atoms in total. The number of sulfonamides is 1. The Hall–Kier alpha value is -2.18. The van der Waals surface area contributed by atoms with E-state index in [1.165, 1.54) is 11.1 Å².